The van der Waals surface area contributed by atoms with Gasteiger partial charge in [-0.15, -0.1) is 0 Å². The van der Waals surface area contributed by atoms with Gasteiger partial charge in [-0.2, -0.15) is 0 Å². The SMILES string of the molecule is CCCCc1c(C)c(C)c(NC2([SiH](C)C)C=CC=C2)c(C)c1C. The van der Waals surface area contributed by atoms with Crippen LogP contribution < -0.4 is 5.32 Å². The van der Waals surface area contributed by atoms with E-state index in [2.05, 4.69) is 77.3 Å². The summed E-state index contributed by atoms with van der Waals surface area (Å²) in [5, 5.41) is 4.03. The Hall–Kier alpha value is -1.28. The van der Waals surface area contributed by atoms with Crippen LogP contribution in [0.3, 0.4) is 0 Å². The van der Waals surface area contributed by atoms with Crippen molar-refractivity contribution in [3.05, 3.63) is 52.1 Å². The number of allylic oxidation sites excluding steroid dienone is 2. The maximum absolute atomic E-state index is 3.94. The minimum atomic E-state index is -0.917. The van der Waals surface area contributed by atoms with Gasteiger partial charge in [-0.25, -0.2) is 0 Å². The zero-order valence-corrected chi connectivity index (χ0v) is 17.2. The smallest absolute Gasteiger partial charge is 0.0711 e. The summed E-state index contributed by atoms with van der Waals surface area (Å²) in [6.07, 6.45) is 12.9. The molecule has 1 aliphatic carbocycles. The Labute approximate surface area is 144 Å². The second kappa shape index (κ2) is 7.08. The fraction of sp³-hybridized carbons (Fsp3) is 0.524. The first-order valence-electron chi connectivity index (χ1n) is 9.08. The lowest BCUT2D eigenvalue weighted by Gasteiger charge is -2.34. The molecule has 2 rings (SSSR count). The predicted molar refractivity (Wildman–Crippen MR) is 108 cm³/mol. The molecule has 1 N–H and O–H groups in total. The quantitative estimate of drug-likeness (QED) is 0.674. The van der Waals surface area contributed by atoms with Crippen molar-refractivity contribution in [3.8, 4) is 0 Å². The van der Waals surface area contributed by atoms with Gasteiger partial charge in [-0.05, 0) is 68.4 Å². The molecule has 0 bridgehead atoms. The number of unbranched alkanes of at least 4 members (excludes halogenated alkanes) is 1. The molecule has 1 aliphatic rings. The zero-order valence-electron chi connectivity index (χ0n) is 16.0. The molecule has 1 aromatic rings. The van der Waals surface area contributed by atoms with Crippen LogP contribution in [0.2, 0.25) is 13.1 Å². The number of nitrogens with one attached hydrogen (secondary N) is 1. The second-order valence-electron chi connectivity index (χ2n) is 7.39. The molecule has 0 atom stereocenters. The monoisotopic (exact) mass is 327 g/mol. The Morgan fingerprint density at radius 1 is 0.913 bits per heavy atom. The Morgan fingerprint density at radius 3 is 1.87 bits per heavy atom. The molecule has 0 amide bonds. The highest BCUT2D eigenvalue weighted by molar-refractivity contribution is 6.62. The van der Waals surface area contributed by atoms with Crippen molar-refractivity contribution < 1.29 is 0 Å². The van der Waals surface area contributed by atoms with Crippen molar-refractivity contribution in [2.75, 3.05) is 5.32 Å². The topological polar surface area (TPSA) is 12.0 Å². The van der Waals surface area contributed by atoms with Crippen molar-refractivity contribution in [2.24, 2.45) is 0 Å². The number of hydrogen-bond donors (Lipinski definition) is 1. The summed E-state index contributed by atoms with van der Waals surface area (Å²) in [5.74, 6) is 0. The molecule has 1 nitrogen and oxygen atoms in total. The molecule has 0 fully saturated rings. The van der Waals surface area contributed by atoms with E-state index in [0.717, 1.165) is 0 Å². The van der Waals surface area contributed by atoms with Crippen LogP contribution in [0.5, 0.6) is 0 Å². The average molecular weight is 328 g/mol. The highest BCUT2D eigenvalue weighted by Crippen LogP contribution is 2.35. The molecule has 0 aromatic heterocycles. The summed E-state index contributed by atoms with van der Waals surface area (Å²) in [5.41, 5.74) is 8.76. The van der Waals surface area contributed by atoms with Gasteiger partial charge in [0.15, 0.2) is 0 Å². The lowest BCUT2D eigenvalue weighted by molar-refractivity contribution is 0.785. The molecule has 126 valence electrons. The molecule has 0 heterocycles. The average Bonchev–Trinajstić information content (AvgIpc) is 3.00. The van der Waals surface area contributed by atoms with Crippen LogP contribution in [-0.2, 0) is 6.42 Å². The van der Waals surface area contributed by atoms with E-state index in [0.29, 0.717) is 0 Å². The summed E-state index contributed by atoms with van der Waals surface area (Å²) in [7, 11) is -0.917. The molecule has 23 heavy (non-hydrogen) atoms. The van der Waals surface area contributed by atoms with Crippen LogP contribution in [0.1, 0.15) is 47.6 Å². The molecule has 1 aromatic carbocycles. The van der Waals surface area contributed by atoms with Crippen molar-refractivity contribution in [3.63, 3.8) is 0 Å². The summed E-state index contributed by atoms with van der Waals surface area (Å²) in [4.78, 5) is 0. The molecule has 0 spiro atoms. The fourth-order valence-corrected chi connectivity index (χ4v) is 5.05. The van der Waals surface area contributed by atoms with E-state index in [4.69, 9.17) is 0 Å². The van der Waals surface area contributed by atoms with Gasteiger partial charge in [-0.1, -0.05) is 50.7 Å². The summed E-state index contributed by atoms with van der Waals surface area (Å²) >= 11 is 0. The van der Waals surface area contributed by atoms with Gasteiger partial charge in [0.25, 0.3) is 0 Å². The lowest BCUT2D eigenvalue weighted by Crippen LogP contribution is -2.45. The van der Waals surface area contributed by atoms with E-state index in [1.54, 1.807) is 5.56 Å². The van der Waals surface area contributed by atoms with Gasteiger partial charge in [0.05, 0.1) is 14.0 Å². The van der Waals surface area contributed by atoms with E-state index < -0.39 is 8.80 Å². The fourth-order valence-electron chi connectivity index (χ4n) is 3.62. The second-order valence-corrected chi connectivity index (χ2v) is 10.7. The lowest BCUT2D eigenvalue weighted by atomic mass is 9.89. The van der Waals surface area contributed by atoms with Gasteiger partial charge in [-0.3, -0.25) is 0 Å². The number of anilines is 1. The number of rotatable bonds is 6. The van der Waals surface area contributed by atoms with Gasteiger partial charge in [0, 0.05) is 5.69 Å². The Balaban J connectivity index is 2.48. The minimum Gasteiger partial charge on any atom is -0.375 e. The summed E-state index contributed by atoms with van der Waals surface area (Å²) < 4.78 is 0. The first-order chi connectivity index (χ1) is 10.8. The maximum atomic E-state index is 3.94. The standard InChI is InChI=1S/C21H33NSi/c1-8-9-12-19-15(2)17(4)20(18(5)16(19)3)22-21(23(6)7)13-10-11-14-21/h10-11,13-14,22-23H,8-9,12H2,1-7H3. The number of benzene rings is 1. The molecule has 2 heteroatoms. The van der Waals surface area contributed by atoms with Crippen molar-refractivity contribution in [1.82, 2.24) is 0 Å². The predicted octanol–water partition coefficient (Wildman–Crippen LogP) is 5.57. The minimum absolute atomic E-state index is 0.0827. The summed E-state index contributed by atoms with van der Waals surface area (Å²) in [6.45, 7) is 16.3. The Kier molecular flexibility index (Phi) is 5.56. The third-order valence-corrected chi connectivity index (χ3v) is 8.15. The zero-order chi connectivity index (χ0) is 17.2. The molecule has 0 aliphatic heterocycles. The van der Waals surface area contributed by atoms with Crippen LogP contribution in [0.4, 0.5) is 5.69 Å². The molecule has 0 unspecified atom stereocenters. The van der Waals surface area contributed by atoms with E-state index in [1.165, 1.54) is 47.2 Å². The van der Waals surface area contributed by atoms with Crippen LogP contribution >= 0.6 is 0 Å². The van der Waals surface area contributed by atoms with Crippen molar-refractivity contribution in [1.29, 1.82) is 0 Å². The molecule has 0 radical (unpaired) electrons. The largest absolute Gasteiger partial charge is 0.375 e. The van der Waals surface area contributed by atoms with Crippen LogP contribution in [-0.4, -0.2) is 14.0 Å². The van der Waals surface area contributed by atoms with E-state index in [1.807, 2.05) is 0 Å². The molecule has 0 saturated heterocycles. The highest BCUT2D eigenvalue weighted by atomic mass is 28.3. The van der Waals surface area contributed by atoms with E-state index in [-0.39, 0.29) is 5.16 Å². The molecule has 0 saturated carbocycles. The Bertz CT molecular complexity index is 597. The molecular weight excluding hydrogens is 294 g/mol. The van der Waals surface area contributed by atoms with Gasteiger partial charge in [0.2, 0.25) is 0 Å². The first kappa shape index (κ1) is 18.1. The van der Waals surface area contributed by atoms with Crippen molar-refractivity contribution in [2.45, 2.75) is 72.1 Å². The van der Waals surface area contributed by atoms with E-state index in [9.17, 15) is 0 Å². The third kappa shape index (κ3) is 3.33. The van der Waals surface area contributed by atoms with Crippen molar-refractivity contribution >= 4 is 14.5 Å². The third-order valence-electron chi connectivity index (χ3n) is 5.71. The van der Waals surface area contributed by atoms with Crippen LogP contribution in [0, 0.1) is 27.7 Å². The number of hydrogen-bond acceptors (Lipinski definition) is 1. The maximum Gasteiger partial charge on any atom is 0.0711 e. The normalized spacial score (nSPS) is 15.7. The molecular formula is C21H33NSi. The van der Waals surface area contributed by atoms with Crippen LogP contribution in [0.25, 0.3) is 0 Å². The van der Waals surface area contributed by atoms with Gasteiger partial charge < -0.3 is 5.32 Å². The van der Waals surface area contributed by atoms with Crippen LogP contribution in [0.15, 0.2) is 24.3 Å². The first-order valence-corrected chi connectivity index (χ1v) is 12.0. The van der Waals surface area contributed by atoms with E-state index >= 15 is 0 Å². The highest BCUT2D eigenvalue weighted by Gasteiger charge is 2.32. The summed E-state index contributed by atoms with van der Waals surface area (Å²) in [6, 6.07) is 0. The van der Waals surface area contributed by atoms with Gasteiger partial charge >= 0.3 is 0 Å². The Morgan fingerprint density at radius 2 is 1.43 bits per heavy atom. The van der Waals surface area contributed by atoms with Gasteiger partial charge in [0.1, 0.15) is 0 Å².